The molecule has 0 unspecified atom stereocenters. The van der Waals surface area contributed by atoms with Crippen LogP contribution in [-0.4, -0.2) is 40.2 Å². The maximum atomic E-state index is 9.55. The van der Waals surface area contributed by atoms with Crippen molar-refractivity contribution in [3.8, 4) is 16.9 Å². The maximum Gasteiger partial charge on any atom is 0.128 e. The predicted molar refractivity (Wildman–Crippen MR) is 119 cm³/mol. The van der Waals surface area contributed by atoms with Crippen molar-refractivity contribution in [1.82, 2.24) is 14.9 Å². The molecule has 0 aliphatic carbocycles. The summed E-state index contributed by atoms with van der Waals surface area (Å²) in [6, 6.07) is 14.7. The monoisotopic (exact) mass is 419 g/mol. The number of aromatic amines is 1. The number of hydrogen-bond acceptors (Lipinski definition) is 4. The minimum absolute atomic E-state index is 0.204. The van der Waals surface area contributed by atoms with Crippen molar-refractivity contribution < 1.29 is 9.84 Å². The van der Waals surface area contributed by atoms with Crippen LogP contribution in [-0.2, 0) is 6.61 Å². The van der Waals surface area contributed by atoms with Crippen LogP contribution in [0, 0.1) is 5.92 Å². The van der Waals surface area contributed by atoms with Crippen LogP contribution in [0.15, 0.2) is 42.5 Å². The Morgan fingerprint density at radius 1 is 1.20 bits per heavy atom. The van der Waals surface area contributed by atoms with E-state index in [9.17, 15) is 5.11 Å². The maximum absolute atomic E-state index is 9.55. The van der Waals surface area contributed by atoms with Crippen molar-refractivity contribution in [2.45, 2.75) is 19.1 Å². The number of ether oxygens (including phenoxy) is 1. The molecule has 6 heteroatoms. The molecule has 5 nitrogen and oxygen atoms in total. The van der Waals surface area contributed by atoms with Crippen LogP contribution < -0.4 is 4.74 Å². The average molecular weight is 420 g/mol. The van der Waals surface area contributed by atoms with E-state index in [0.29, 0.717) is 12.5 Å². The SMILES string of the molecule is CN1C[C@H](CO)C[C@H]1c1nc2ccc3cc4c(cc3c2[nH]1)OCc1cc(Cl)ccc1-4. The topological polar surface area (TPSA) is 61.4 Å². The van der Waals surface area contributed by atoms with Crippen LogP contribution >= 0.6 is 11.6 Å². The third-order valence-electron chi connectivity index (χ3n) is 6.54. The highest BCUT2D eigenvalue weighted by Crippen LogP contribution is 2.42. The van der Waals surface area contributed by atoms with Gasteiger partial charge in [-0.3, -0.25) is 4.90 Å². The molecule has 2 N–H and O–H groups in total. The van der Waals surface area contributed by atoms with Gasteiger partial charge in [0.05, 0.1) is 17.1 Å². The minimum atomic E-state index is 0.204. The number of halogens is 1. The van der Waals surface area contributed by atoms with Crippen molar-refractivity contribution in [2.24, 2.45) is 5.92 Å². The number of nitrogens with zero attached hydrogens (tertiary/aromatic N) is 2. The van der Waals surface area contributed by atoms with Crippen LogP contribution in [0.4, 0.5) is 0 Å². The fourth-order valence-electron chi connectivity index (χ4n) is 5.00. The Labute approximate surface area is 179 Å². The Kier molecular flexibility index (Phi) is 4.07. The van der Waals surface area contributed by atoms with Gasteiger partial charge in [0.15, 0.2) is 0 Å². The summed E-state index contributed by atoms with van der Waals surface area (Å²) in [5, 5.41) is 12.5. The number of benzene rings is 3. The third kappa shape index (κ3) is 2.73. The van der Waals surface area contributed by atoms with E-state index < -0.39 is 0 Å². The van der Waals surface area contributed by atoms with E-state index in [1.807, 2.05) is 12.1 Å². The summed E-state index contributed by atoms with van der Waals surface area (Å²) in [5.74, 6) is 2.16. The molecule has 30 heavy (non-hydrogen) atoms. The highest BCUT2D eigenvalue weighted by atomic mass is 35.5. The van der Waals surface area contributed by atoms with Gasteiger partial charge in [-0.25, -0.2) is 4.98 Å². The molecule has 0 saturated carbocycles. The highest BCUT2D eigenvalue weighted by molar-refractivity contribution is 6.30. The second kappa shape index (κ2) is 6.71. The number of aromatic nitrogens is 2. The summed E-state index contributed by atoms with van der Waals surface area (Å²) in [4.78, 5) is 10.7. The summed E-state index contributed by atoms with van der Waals surface area (Å²) in [6.07, 6.45) is 0.919. The molecule has 152 valence electrons. The smallest absolute Gasteiger partial charge is 0.128 e. The molecule has 2 aliphatic rings. The molecule has 4 aromatic rings. The molecule has 0 radical (unpaired) electrons. The first-order valence-corrected chi connectivity index (χ1v) is 10.7. The van der Waals surface area contributed by atoms with Crippen LogP contribution in [0.25, 0.3) is 32.9 Å². The van der Waals surface area contributed by atoms with Gasteiger partial charge in [-0.15, -0.1) is 0 Å². The Hall–Kier alpha value is -2.60. The Balaban J connectivity index is 1.49. The molecule has 0 amide bonds. The van der Waals surface area contributed by atoms with Gasteiger partial charge in [-0.2, -0.15) is 0 Å². The van der Waals surface area contributed by atoms with E-state index in [1.165, 1.54) is 5.56 Å². The van der Waals surface area contributed by atoms with E-state index >= 15 is 0 Å². The first-order valence-electron chi connectivity index (χ1n) is 10.3. The molecular weight excluding hydrogens is 398 g/mol. The summed E-state index contributed by atoms with van der Waals surface area (Å²) in [7, 11) is 2.10. The quantitative estimate of drug-likeness (QED) is 0.484. The van der Waals surface area contributed by atoms with Crippen molar-refractivity contribution in [3.05, 3.63) is 58.9 Å². The lowest BCUT2D eigenvalue weighted by molar-refractivity contribution is 0.227. The minimum Gasteiger partial charge on any atom is -0.488 e. The lowest BCUT2D eigenvalue weighted by Gasteiger charge is -2.21. The highest BCUT2D eigenvalue weighted by Gasteiger charge is 2.32. The van der Waals surface area contributed by atoms with Crippen LogP contribution in [0.3, 0.4) is 0 Å². The predicted octanol–water partition coefficient (Wildman–Crippen LogP) is 4.91. The largest absolute Gasteiger partial charge is 0.488 e. The molecule has 2 aliphatic heterocycles. The lowest BCUT2D eigenvalue weighted by atomic mass is 9.94. The zero-order valence-corrected chi connectivity index (χ0v) is 17.4. The molecule has 0 bridgehead atoms. The molecule has 1 fully saturated rings. The molecule has 3 aromatic carbocycles. The Morgan fingerprint density at radius 3 is 2.93 bits per heavy atom. The third-order valence-corrected chi connectivity index (χ3v) is 6.78. The average Bonchev–Trinajstić information content (AvgIpc) is 3.35. The summed E-state index contributed by atoms with van der Waals surface area (Å²) in [6.45, 7) is 1.64. The number of aliphatic hydroxyl groups excluding tert-OH is 1. The van der Waals surface area contributed by atoms with Gasteiger partial charge in [0, 0.05) is 29.1 Å². The van der Waals surface area contributed by atoms with Crippen LogP contribution in [0.2, 0.25) is 5.02 Å². The number of likely N-dealkylation sites (tertiary alicyclic amines) is 1. The van der Waals surface area contributed by atoms with E-state index in [1.54, 1.807) is 0 Å². The molecule has 3 heterocycles. The molecular formula is C24H22ClN3O2. The zero-order chi connectivity index (χ0) is 20.4. The van der Waals surface area contributed by atoms with E-state index in [4.69, 9.17) is 21.3 Å². The first kappa shape index (κ1) is 18.2. The number of H-pyrrole nitrogens is 1. The molecule has 6 rings (SSSR count). The fraction of sp³-hybridized carbons (Fsp3) is 0.292. The number of hydrogen-bond donors (Lipinski definition) is 2. The van der Waals surface area contributed by atoms with E-state index in [2.05, 4.69) is 47.3 Å². The second-order valence-electron chi connectivity index (χ2n) is 8.48. The number of nitrogens with one attached hydrogen (secondary N) is 1. The number of rotatable bonds is 2. The van der Waals surface area contributed by atoms with Crippen LogP contribution in [0.1, 0.15) is 23.9 Å². The number of fused-ring (bicyclic) bond motifs is 6. The standard InChI is InChI=1S/C24H22ClN3O2/c1-28-10-13(11-29)6-21(28)24-26-20-5-2-14-8-19-17-4-3-16(25)7-15(17)12-30-22(19)9-18(14)23(20)27-24/h2-5,7-9,13,21,29H,6,10-12H2,1H3,(H,26,27)/t13-,21+/m1/s1. The van der Waals surface area contributed by atoms with Gasteiger partial charge in [-0.1, -0.05) is 23.7 Å². The molecule has 1 aromatic heterocycles. The lowest BCUT2D eigenvalue weighted by Crippen LogP contribution is -2.19. The van der Waals surface area contributed by atoms with Crippen molar-refractivity contribution >= 4 is 33.4 Å². The van der Waals surface area contributed by atoms with Gasteiger partial charge in [0.2, 0.25) is 0 Å². The van der Waals surface area contributed by atoms with Gasteiger partial charge >= 0.3 is 0 Å². The van der Waals surface area contributed by atoms with Crippen molar-refractivity contribution in [2.75, 3.05) is 20.2 Å². The van der Waals surface area contributed by atoms with Gasteiger partial charge in [0.1, 0.15) is 18.2 Å². The van der Waals surface area contributed by atoms with Crippen LogP contribution in [0.5, 0.6) is 5.75 Å². The van der Waals surface area contributed by atoms with Crippen molar-refractivity contribution in [1.29, 1.82) is 0 Å². The fourth-order valence-corrected chi connectivity index (χ4v) is 5.19. The van der Waals surface area contributed by atoms with Gasteiger partial charge in [0.25, 0.3) is 0 Å². The second-order valence-corrected chi connectivity index (χ2v) is 8.92. The summed E-state index contributed by atoms with van der Waals surface area (Å²) < 4.78 is 6.09. The number of imidazole rings is 1. The molecule has 1 saturated heterocycles. The zero-order valence-electron chi connectivity index (χ0n) is 16.7. The summed E-state index contributed by atoms with van der Waals surface area (Å²) in [5.41, 5.74) is 5.39. The summed E-state index contributed by atoms with van der Waals surface area (Å²) >= 11 is 6.16. The Bertz CT molecular complexity index is 1300. The van der Waals surface area contributed by atoms with Crippen molar-refractivity contribution in [3.63, 3.8) is 0 Å². The van der Waals surface area contributed by atoms with Gasteiger partial charge < -0.3 is 14.8 Å². The molecule has 0 spiro atoms. The first-order chi connectivity index (χ1) is 14.6. The molecule has 2 atom stereocenters. The Morgan fingerprint density at radius 2 is 2.10 bits per heavy atom. The van der Waals surface area contributed by atoms with E-state index in [0.717, 1.165) is 62.5 Å². The van der Waals surface area contributed by atoms with E-state index in [-0.39, 0.29) is 12.6 Å². The van der Waals surface area contributed by atoms with Gasteiger partial charge in [-0.05, 0) is 66.2 Å². The number of aliphatic hydroxyl groups is 1. The normalized spacial score (nSPS) is 21.0.